The van der Waals surface area contributed by atoms with Gasteiger partial charge in [-0.25, -0.2) is 0 Å². The first-order chi connectivity index (χ1) is 10.7. The maximum atomic E-state index is 11.4. The fourth-order valence-electron chi connectivity index (χ4n) is 1.67. The number of carbonyl (C=O) groups is 1. The third kappa shape index (κ3) is 7.73. The van der Waals surface area contributed by atoms with E-state index in [4.69, 9.17) is 10.1 Å². The summed E-state index contributed by atoms with van der Waals surface area (Å²) >= 11 is 1.56. The molecule has 0 aliphatic heterocycles. The Morgan fingerprint density at radius 2 is 2.00 bits per heavy atom. The number of hydrogen-bond acceptors (Lipinski definition) is 5. The van der Waals surface area contributed by atoms with Gasteiger partial charge < -0.3 is 20.2 Å². The summed E-state index contributed by atoms with van der Waals surface area (Å²) in [5.74, 6) is 0.677. The highest BCUT2D eigenvalue weighted by molar-refractivity contribution is 7.96. The number of rotatable bonds is 8. The number of ether oxygens (including phenoxy) is 1. The smallest absolute Gasteiger partial charge is 0.251 e. The standard InChI is InChI=1S/C15H22N2O2S.CH3N/c1-4-5-12(10-17-20-3)11-19-14-8-6-13(7-9-14)15(18)16-2;1-2/h6-10,17H,4-5,11H2,1-3H3,(H,16,18);2H,1H2/b12-10+;. The van der Waals surface area contributed by atoms with Crippen molar-refractivity contribution in [3.8, 4) is 5.75 Å². The maximum Gasteiger partial charge on any atom is 0.251 e. The van der Waals surface area contributed by atoms with E-state index in [9.17, 15) is 4.79 Å². The van der Waals surface area contributed by atoms with Gasteiger partial charge in [0.25, 0.3) is 5.91 Å². The predicted octanol–water partition coefficient (Wildman–Crippen LogP) is 3.24. The zero-order valence-corrected chi connectivity index (χ0v) is 14.3. The van der Waals surface area contributed by atoms with E-state index in [2.05, 4.69) is 23.7 Å². The molecule has 1 aromatic rings. The number of hydrogen-bond donors (Lipinski definition) is 3. The Kier molecular flexibility index (Phi) is 11.6. The van der Waals surface area contributed by atoms with Crippen molar-refractivity contribution < 1.29 is 9.53 Å². The van der Waals surface area contributed by atoms with Crippen molar-refractivity contribution in [3.05, 3.63) is 41.6 Å². The lowest BCUT2D eigenvalue weighted by Crippen LogP contribution is -2.17. The molecule has 0 saturated heterocycles. The molecule has 0 aromatic heterocycles. The van der Waals surface area contributed by atoms with Crippen molar-refractivity contribution in [1.29, 1.82) is 5.41 Å². The summed E-state index contributed by atoms with van der Waals surface area (Å²) in [4.78, 5) is 11.4. The fraction of sp³-hybridized carbons (Fsp3) is 0.375. The maximum absolute atomic E-state index is 11.4. The lowest BCUT2D eigenvalue weighted by molar-refractivity contribution is 0.0963. The summed E-state index contributed by atoms with van der Waals surface area (Å²) in [6.45, 7) is 5.20. The minimum Gasteiger partial charge on any atom is -0.489 e. The zero-order chi connectivity index (χ0) is 16.8. The van der Waals surface area contributed by atoms with E-state index in [1.807, 2.05) is 24.6 Å². The largest absolute Gasteiger partial charge is 0.489 e. The lowest BCUT2D eigenvalue weighted by Gasteiger charge is -2.10. The second-order valence-corrected chi connectivity index (χ2v) is 4.91. The minimum absolute atomic E-state index is 0.0905. The molecule has 3 N–H and O–H groups in total. The van der Waals surface area contributed by atoms with Crippen LogP contribution in [0.15, 0.2) is 36.0 Å². The van der Waals surface area contributed by atoms with Crippen molar-refractivity contribution in [2.75, 3.05) is 19.9 Å². The van der Waals surface area contributed by atoms with Gasteiger partial charge in [-0.2, -0.15) is 0 Å². The minimum atomic E-state index is -0.0905. The van der Waals surface area contributed by atoms with E-state index < -0.39 is 0 Å². The Morgan fingerprint density at radius 3 is 2.50 bits per heavy atom. The van der Waals surface area contributed by atoms with Crippen LogP contribution in [0.4, 0.5) is 0 Å². The predicted molar refractivity (Wildman–Crippen MR) is 94.8 cm³/mol. The molecule has 0 heterocycles. The molecule has 5 nitrogen and oxygen atoms in total. The third-order valence-electron chi connectivity index (χ3n) is 2.72. The van der Waals surface area contributed by atoms with Crippen molar-refractivity contribution in [3.63, 3.8) is 0 Å². The van der Waals surface area contributed by atoms with Crippen LogP contribution in [0.25, 0.3) is 0 Å². The molecule has 6 heteroatoms. The summed E-state index contributed by atoms with van der Waals surface area (Å²) in [5, 5.41) is 8.09. The number of nitrogens with one attached hydrogen (secondary N) is 3. The zero-order valence-electron chi connectivity index (χ0n) is 13.4. The molecule has 1 amide bonds. The third-order valence-corrected chi connectivity index (χ3v) is 3.07. The molecule has 122 valence electrons. The van der Waals surface area contributed by atoms with E-state index in [0.717, 1.165) is 18.6 Å². The van der Waals surface area contributed by atoms with Gasteiger partial charge in [0, 0.05) is 25.1 Å². The van der Waals surface area contributed by atoms with E-state index in [0.29, 0.717) is 12.2 Å². The molecule has 0 spiro atoms. The van der Waals surface area contributed by atoms with Crippen LogP contribution < -0.4 is 14.8 Å². The SMILES string of the molecule is C=N.CCC/C(=C\NSC)COc1ccc(C(=O)NC)cc1. The van der Waals surface area contributed by atoms with Gasteiger partial charge >= 0.3 is 0 Å². The van der Waals surface area contributed by atoms with Crippen LogP contribution >= 0.6 is 11.9 Å². The normalized spacial score (nSPS) is 10.2. The monoisotopic (exact) mass is 323 g/mol. The molecule has 22 heavy (non-hydrogen) atoms. The van der Waals surface area contributed by atoms with Crippen LogP contribution in [0.3, 0.4) is 0 Å². The van der Waals surface area contributed by atoms with E-state index in [1.165, 1.54) is 5.57 Å². The molecule has 1 rings (SSSR count). The molecular weight excluding hydrogens is 298 g/mol. The molecule has 0 atom stereocenters. The molecule has 0 aliphatic carbocycles. The molecule has 0 bridgehead atoms. The number of benzene rings is 1. The van der Waals surface area contributed by atoms with Gasteiger partial charge in [0.05, 0.1) is 0 Å². The van der Waals surface area contributed by atoms with Gasteiger partial charge in [0.2, 0.25) is 0 Å². The summed E-state index contributed by atoms with van der Waals surface area (Å²) in [6.07, 6.45) is 6.07. The topological polar surface area (TPSA) is 74.2 Å². The first kappa shape index (κ1) is 20.1. The van der Waals surface area contributed by atoms with Crippen LogP contribution in [0.1, 0.15) is 30.1 Å². The Balaban J connectivity index is 0.00000211. The Hall–Kier alpha value is -1.95. The van der Waals surface area contributed by atoms with Crippen molar-refractivity contribution >= 4 is 24.6 Å². The summed E-state index contributed by atoms with van der Waals surface area (Å²) in [6, 6.07) is 7.15. The Morgan fingerprint density at radius 1 is 1.36 bits per heavy atom. The highest BCUT2D eigenvalue weighted by atomic mass is 32.2. The quantitative estimate of drug-likeness (QED) is 0.507. The molecule has 0 unspecified atom stereocenters. The first-order valence-electron chi connectivity index (χ1n) is 6.98. The Bertz CT molecular complexity index is 461. The van der Waals surface area contributed by atoms with Gasteiger partial charge in [-0.05, 0) is 43.0 Å². The van der Waals surface area contributed by atoms with Crippen LogP contribution in [0.2, 0.25) is 0 Å². The van der Waals surface area contributed by atoms with Gasteiger partial charge in [-0.1, -0.05) is 25.3 Å². The lowest BCUT2D eigenvalue weighted by atomic mass is 10.2. The molecule has 0 radical (unpaired) electrons. The molecule has 0 saturated carbocycles. The van der Waals surface area contributed by atoms with E-state index >= 15 is 0 Å². The average molecular weight is 323 g/mol. The summed E-state index contributed by atoms with van der Waals surface area (Å²) < 4.78 is 8.86. The molecule has 1 aromatic carbocycles. The van der Waals surface area contributed by atoms with Crippen LogP contribution in [-0.2, 0) is 0 Å². The summed E-state index contributed by atoms with van der Waals surface area (Å²) in [5.41, 5.74) is 1.85. The van der Waals surface area contributed by atoms with Gasteiger partial charge in [0.15, 0.2) is 0 Å². The van der Waals surface area contributed by atoms with Crippen molar-refractivity contribution in [2.45, 2.75) is 19.8 Å². The Labute approximate surface area is 137 Å². The van der Waals surface area contributed by atoms with Gasteiger partial charge in [0.1, 0.15) is 12.4 Å². The highest BCUT2D eigenvalue weighted by Gasteiger charge is 2.03. The second kappa shape index (κ2) is 12.8. The molecular formula is C16H25N3O2S. The van der Waals surface area contributed by atoms with Crippen molar-refractivity contribution in [1.82, 2.24) is 10.0 Å². The van der Waals surface area contributed by atoms with E-state index in [1.54, 1.807) is 31.1 Å². The molecule has 0 fully saturated rings. The average Bonchev–Trinajstić information content (AvgIpc) is 2.59. The van der Waals surface area contributed by atoms with Gasteiger partial charge in [-0.15, -0.1) is 0 Å². The highest BCUT2D eigenvalue weighted by Crippen LogP contribution is 2.14. The number of carbonyl (C=O) groups excluding carboxylic acids is 1. The molecule has 0 aliphatic rings. The number of amides is 1. The van der Waals surface area contributed by atoms with Crippen molar-refractivity contribution in [2.24, 2.45) is 0 Å². The van der Waals surface area contributed by atoms with Gasteiger partial charge in [-0.3, -0.25) is 4.79 Å². The van der Waals surface area contributed by atoms with Crippen LogP contribution in [0, 0.1) is 5.41 Å². The van der Waals surface area contributed by atoms with Crippen LogP contribution in [-0.4, -0.2) is 32.5 Å². The van der Waals surface area contributed by atoms with E-state index in [-0.39, 0.29) is 5.91 Å². The van der Waals surface area contributed by atoms with Crippen LogP contribution in [0.5, 0.6) is 5.75 Å². The second-order valence-electron chi connectivity index (χ2n) is 4.27. The first-order valence-corrected chi connectivity index (χ1v) is 8.20. The fourth-order valence-corrected chi connectivity index (χ4v) is 1.96. The summed E-state index contributed by atoms with van der Waals surface area (Å²) in [7, 11) is 1.62.